The molecule has 2 amide bonds. The Balaban J connectivity index is 1.32. The third-order valence-electron chi connectivity index (χ3n) is 5.92. The molecule has 0 atom stereocenters. The first kappa shape index (κ1) is 24.6. The number of amides is 2. The highest BCUT2D eigenvalue weighted by Crippen LogP contribution is 2.36. The number of para-hydroxylation sites is 2. The Morgan fingerprint density at radius 2 is 1.43 bits per heavy atom. The summed E-state index contributed by atoms with van der Waals surface area (Å²) in [6.45, 7) is 0.771. The van der Waals surface area contributed by atoms with E-state index in [1.165, 1.54) is 0 Å². The van der Waals surface area contributed by atoms with Crippen molar-refractivity contribution in [1.82, 2.24) is 5.32 Å². The maximum atomic E-state index is 13.4. The van der Waals surface area contributed by atoms with Crippen molar-refractivity contribution in [2.75, 3.05) is 4.90 Å². The van der Waals surface area contributed by atoms with Crippen molar-refractivity contribution in [2.45, 2.75) is 13.1 Å². The van der Waals surface area contributed by atoms with Crippen LogP contribution in [0.1, 0.15) is 27.0 Å². The van der Waals surface area contributed by atoms with Gasteiger partial charge in [0.15, 0.2) is 11.5 Å². The number of fused-ring (bicyclic) bond motifs is 1. The molecule has 4 aromatic carbocycles. The van der Waals surface area contributed by atoms with Gasteiger partial charge in [-0.1, -0.05) is 71.7 Å². The minimum atomic E-state index is -0.251. The van der Waals surface area contributed by atoms with Gasteiger partial charge in [-0.15, -0.1) is 0 Å². The van der Waals surface area contributed by atoms with Gasteiger partial charge in [-0.25, -0.2) is 0 Å². The van der Waals surface area contributed by atoms with Crippen LogP contribution in [0.15, 0.2) is 103 Å². The number of rotatable bonds is 6. The first-order valence-corrected chi connectivity index (χ1v) is 12.4. The molecule has 0 radical (unpaired) electrons. The van der Waals surface area contributed by atoms with E-state index >= 15 is 0 Å². The highest BCUT2D eigenvalue weighted by Gasteiger charge is 2.30. The van der Waals surface area contributed by atoms with Crippen molar-refractivity contribution >= 4 is 46.8 Å². The molecule has 0 aliphatic carbocycles. The number of hydrogen-bond acceptors (Lipinski definition) is 3. The molecule has 5 nitrogen and oxygen atoms in total. The van der Waals surface area contributed by atoms with Crippen molar-refractivity contribution in [1.29, 1.82) is 0 Å². The van der Waals surface area contributed by atoms with Crippen LogP contribution in [0.4, 0.5) is 5.69 Å². The predicted octanol–water partition coefficient (Wildman–Crippen LogP) is 6.89. The summed E-state index contributed by atoms with van der Waals surface area (Å²) >= 11 is 11.9. The van der Waals surface area contributed by atoms with E-state index in [2.05, 4.69) is 5.32 Å². The lowest BCUT2D eigenvalue weighted by molar-refractivity contribution is -0.117. The molecule has 0 saturated carbocycles. The van der Waals surface area contributed by atoms with Crippen LogP contribution in [0.2, 0.25) is 10.0 Å². The first-order valence-electron chi connectivity index (χ1n) is 11.6. The second-order valence-electron chi connectivity index (χ2n) is 8.53. The highest BCUT2D eigenvalue weighted by molar-refractivity contribution is 6.30. The van der Waals surface area contributed by atoms with Crippen LogP contribution in [0, 0.1) is 0 Å². The molecule has 1 aliphatic heterocycles. The Hall–Kier alpha value is -4.06. The second kappa shape index (κ2) is 10.9. The van der Waals surface area contributed by atoms with Gasteiger partial charge in [0.2, 0.25) is 0 Å². The van der Waals surface area contributed by atoms with Gasteiger partial charge in [-0.2, -0.15) is 0 Å². The Kier molecular flexibility index (Phi) is 7.26. The summed E-state index contributed by atoms with van der Waals surface area (Å²) in [5.41, 5.74) is 3.86. The molecule has 37 heavy (non-hydrogen) atoms. The summed E-state index contributed by atoms with van der Waals surface area (Å²) in [6, 6.07) is 29.1. The number of anilines is 1. The van der Waals surface area contributed by atoms with Crippen LogP contribution in [0.3, 0.4) is 0 Å². The predicted molar refractivity (Wildman–Crippen MR) is 147 cm³/mol. The SMILES string of the molecule is O=C(NCc1ccc(Cl)cc1)c1ccc(/C=C2\Oc3ccccc3N(Cc3ccc(Cl)cc3)C2=O)cc1. The molecular formula is C30H22Cl2N2O3. The monoisotopic (exact) mass is 528 g/mol. The van der Waals surface area contributed by atoms with E-state index < -0.39 is 0 Å². The number of nitrogens with one attached hydrogen (secondary N) is 1. The number of carbonyl (C=O) groups excluding carboxylic acids is 2. The van der Waals surface area contributed by atoms with E-state index in [4.69, 9.17) is 27.9 Å². The largest absolute Gasteiger partial charge is 0.449 e. The average Bonchev–Trinajstić information content (AvgIpc) is 2.92. The van der Waals surface area contributed by atoms with Gasteiger partial charge in [-0.05, 0) is 71.3 Å². The molecule has 0 fully saturated rings. The summed E-state index contributed by atoms with van der Waals surface area (Å²) in [7, 11) is 0. The molecule has 0 aromatic heterocycles. The maximum Gasteiger partial charge on any atom is 0.294 e. The highest BCUT2D eigenvalue weighted by atomic mass is 35.5. The van der Waals surface area contributed by atoms with Crippen molar-refractivity contribution in [3.8, 4) is 5.75 Å². The fraction of sp³-hybridized carbons (Fsp3) is 0.0667. The van der Waals surface area contributed by atoms with Crippen LogP contribution < -0.4 is 15.0 Å². The number of ether oxygens (including phenoxy) is 1. The summed E-state index contributed by atoms with van der Waals surface area (Å²) in [5, 5.41) is 4.18. The molecule has 7 heteroatoms. The molecule has 0 bridgehead atoms. The van der Waals surface area contributed by atoms with Crippen LogP contribution in [0.5, 0.6) is 5.75 Å². The van der Waals surface area contributed by atoms with Crippen molar-refractivity contribution in [2.24, 2.45) is 0 Å². The van der Waals surface area contributed by atoms with Crippen molar-refractivity contribution < 1.29 is 14.3 Å². The fourth-order valence-corrected chi connectivity index (χ4v) is 4.21. The van der Waals surface area contributed by atoms with E-state index in [1.807, 2.05) is 48.5 Å². The van der Waals surface area contributed by atoms with E-state index in [1.54, 1.807) is 59.5 Å². The minimum absolute atomic E-state index is 0.192. The zero-order chi connectivity index (χ0) is 25.8. The van der Waals surface area contributed by atoms with E-state index in [9.17, 15) is 9.59 Å². The van der Waals surface area contributed by atoms with Gasteiger partial charge in [0, 0.05) is 22.2 Å². The van der Waals surface area contributed by atoms with Crippen LogP contribution in [-0.4, -0.2) is 11.8 Å². The third-order valence-corrected chi connectivity index (χ3v) is 6.43. The molecule has 0 unspecified atom stereocenters. The number of nitrogens with zero attached hydrogens (tertiary/aromatic N) is 1. The van der Waals surface area contributed by atoms with E-state index in [0.29, 0.717) is 40.1 Å². The van der Waals surface area contributed by atoms with Gasteiger partial charge < -0.3 is 10.1 Å². The zero-order valence-corrected chi connectivity index (χ0v) is 21.2. The molecule has 1 N–H and O–H groups in total. The van der Waals surface area contributed by atoms with Gasteiger partial charge in [-0.3, -0.25) is 14.5 Å². The van der Waals surface area contributed by atoms with Gasteiger partial charge in [0.05, 0.1) is 12.2 Å². The van der Waals surface area contributed by atoms with Gasteiger partial charge >= 0.3 is 0 Å². The molecule has 0 spiro atoms. The quantitative estimate of drug-likeness (QED) is 0.277. The van der Waals surface area contributed by atoms with Crippen LogP contribution in [0.25, 0.3) is 6.08 Å². The zero-order valence-electron chi connectivity index (χ0n) is 19.7. The van der Waals surface area contributed by atoms with Crippen LogP contribution in [-0.2, 0) is 17.9 Å². The average molecular weight is 529 g/mol. The molecule has 5 rings (SSSR count). The molecule has 1 heterocycles. The number of hydrogen-bond donors (Lipinski definition) is 1. The topological polar surface area (TPSA) is 58.6 Å². The van der Waals surface area contributed by atoms with Crippen LogP contribution >= 0.6 is 23.2 Å². The first-order chi connectivity index (χ1) is 18.0. The Bertz CT molecular complexity index is 1460. The third kappa shape index (κ3) is 5.85. The van der Waals surface area contributed by atoms with Crippen molar-refractivity contribution in [3.05, 3.63) is 135 Å². The molecule has 4 aromatic rings. The van der Waals surface area contributed by atoms with Gasteiger partial charge in [0.25, 0.3) is 11.8 Å². The Morgan fingerprint density at radius 3 is 2.11 bits per heavy atom. The minimum Gasteiger partial charge on any atom is -0.449 e. The Morgan fingerprint density at radius 1 is 0.811 bits per heavy atom. The Labute approximate surface area is 224 Å². The summed E-state index contributed by atoms with van der Waals surface area (Å²) in [6.07, 6.45) is 1.68. The standard InChI is InChI=1S/C30H22Cl2N2O3/c31-24-13-7-21(8-14-24)18-33-29(35)23-11-5-20(6-12-23)17-28-30(36)34(19-22-9-15-25(32)16-10-22)26-3-1-2-4-27(26)37-28/h1-17H,18-19H2,(H,33,35)/b28-17-. The normalized spacial score (nSPS) is 13.7. The molecular weight excluding hydrogens is 507 g/mol. The second-order valence-corrected chi connectivity index (χ2v) is 9.40. The van der Waals surface area contributed by atoms with E-state index in [-0.39, 0.29) is 17.6 Å². The molecule has 184 valence electrons. The molecule has 1 aliphatic rings. The summed E-state index contributed by atoms with van der Waals surface area (Å²) in [4.78, 5) is 27.7. The van der Waals surface area contributed by atoms with Crippen molar-refractivity contribution in [3.63, 3.8) is 0 Å². The number of carbonyl (C=O) groups is 2. The lowest BCUT2D eigenvalue weighted by atomic mass is 10.1. The van der Waals surface area contributed by atoms with Gasteiger partial charge in [0.1, 0.15) is 0 Å². The summed E-state index contributed by atoms with van der Waals surface area (Å²) in [5.74, 6) is 0.355. The molecule has 0 saturated heterocycles. The smallest absolute Gasteiger partial charge is 0.294 e. The summed E-state index contributed by atoms with van der Waals surface area (Å²) < 4.78 is 5.97. The van der Waals surface area contributed by atoms with E-state index in [0.717, 1.165) is 16.7 Å². The lowest BCUT2D eigenvalue weighted by Gasteiger charge is -2.30. The fourth-order valence-electron chi connectivity index (χ4n) is 3.96. The number of benzene rings is 4. The lowest BCUT2D eigenvalue weighted by Crippen LogP contribution is -2.36. The number of halogens is 2. The maximum absolute atomic E-state index is 13.4.